The van der Waals surface area contributed by atoms with Crippen molar-refractivity contribution in [2.24, 2.45) is 5.10 Å². The Labute approximate surface area is 205 Å². The van der Waals surface area contributed by atoms with Crippen LogP contribution in [0.3, 0.4) is 0 Å². The van der Waals surface area contributed by atoms with Crippen LogP contribution < -0.4 is 15.6 Å². The first-order valence-corrected chi connectivity index (χ1v) is 12.2. The Morgan fingerprint density at radius 2 is 1.56 bits per heavy atom. The van der Waals surface area contributed by atoms with Crippen LogP contribution in [0.1, 0.15) is 23.6 Å². The van der Waals surface area contributed by atoms with Crippen molar-refractivity contribution in [3.8, 4) is 0 Å². The van der Waals surface area contributed by atoms with Gasteiger partial charge in [0, 0.05) is 23.7 Å². The molecule has 1 aliphatic rings. The molecule has 4 rings (SSSR count). The molecule has 0 spiro atoms. The molecule has 0 fully saturated rings. The van der Waals surface area contributed by atoms with E-state index in [1.165, 1.54) is 10.5 Å². The maximum absolute atomic E-state index is 9.35. The third-order valence-electron chi connectivity index (χ3n) is 5.56. The van der Waals surface area contributed by atoms with Crippen molar-refractivity contribution >= 4 is 33.8 Å². The fourth-order valence-corrected chi connectivity index (χ4v) is 4.93. The second-order valence-corrected chi connectivity index (χ2v) is 9.00. The first-order valence-electron chi connectivity index (χ1n) is 11.3. The number of benzene rings is 3. The van der Waals surface area contributed by atoms with E-state index < -0.39 is 0 Å². The smallest absolute Gasteiger partial charge is 0.165 e. The lowest BCUT2D eigenvalue weighted by molar-refractivity contribution is 0.281. The van der Waals surface area contributed by atoms with Gasteiger partial charge in [-0.05, 0) is 35.7 Å². The number of nitrogens with one attached hydrogen (secondary N) is 2. The van der Waals surface area contributed by atoms with Gasteiger partial charge in [-0.1, -0.05) is 84.6 Å². The zero-order valence-electron chi connectivity index (χ0n) is 19.2. The minimum Gasteiger partial charge on any atom is -0.395 e. The predicted molar refractivity (Wildman–Crippen MR) is 142 cm³/mol. The molecule has 3 aromatic rings. The van der Waals surface area contributed by atoms with Crippen molar-refractivity contribution in [1.29, 1.82) is 0 Å². The summed E-state index contributed by atoms with van der Waals surface area (Å²) in [6, 6.07) is 28.7. The van der Waals surface area contributed by atoms with Crippen molar-refractivity contribution in [3.63, 3.8) is 0 Å². The maximum Gasteiger partial charge on any atom is 0.165 e. The molecule has 1 aliphatic heterocycles. The molecule has 3 aromatic carbocycles. The number of thioether (sulfide) groups is 1. The molecule has 0 aromatic heterocycles. The van der Waals surface area contributed by atoms with Gasteiger partial charge in [0.2, 0.25) is 0 Å². The summed E-state index contributed by atoms with van der Waals surface area (Å²) in [5.74, 6) is 0. The Hall–Kier alpha value is -3.26. The average molecular weight is 475 g/mol. The van der Waals surface area contributed by atoms with Crippen LogP contribution in [0.5, 0.6) is 0 Å². The topological polar surface area (TPSA) is 80.1 Å². The lowest BCUT2D eigenvalue weighted by Gasteiger charge is -2.23. The van der Waals surface area contributed by atoms with Crippen LogP contribution in [0, 0.1) is 0 Å². The van der Waals surface area contributed by atoms with Gasteiger partial charge in [0.15, 0.2) is 5.50 Å². The third-order valence-corrected chi connectivity index (χ3v) is 6.69. The van der Waals surface area contributed by atoms with Crippen molar-refractivity contribution in [1.82, 2.24) is 10.7 Å². The van der Waals surface area contributed by atoms with Gasteiger partial charge < -0.3 is 20.4 Å². The van der Waals surface area contributed by atoms with E-state index in [0.29, 0.717) is 13.1 Å². The molecule has 176 valence electrons. The molecule has 1 heterocycles. The highest BCUT2D eigenvalue weighted by molar-refractivity contribution is 8.09. The lowest BCUT2D eigenvalue weighted by Crippen LogP contribution is -2.32. The van der Waals surface area contributed by atoms with Crippen LogP contribution in [0.15, 0.2) is 90.0 Å². The fraction of sp³-hybridized carbons (Fsp3) is 0.222. The van der Waals surface area contributed by atoms with Crippen molar-refractivity contribution < 1.29 is 10.2 Å². The summed E-state index contributed by atoms with van der Waals surface area (Å²) >= 11 is 1.71. The summed E-state index contributed by atoms with van der Waals surface area (Å²) in [5.41, 5.74) is 9.36. The molecule has 0 saturated heterocycles. The number of hydrogen-bond acceptors (Lipinski definition) is 7. The first-order chi connectivity index (χ1) is 16.7. The van der Waals surface area contributed by atoms with Gasteiger partial charge >= 0.3 is 0 Å². The highest BCUT2D eigenvalue weighted by Crippen LogP contribution is 2.41. The van der Waals surface area contributed by atoms with Crippen molar-refractivity contribution in [3.05, 3.63) is 102 Å². The monoisotopic (exact) mass is 474 g/mol. The van der Waals surface area contributed by atoms with Gasteiger partial charge in [0.25, 0.3) is 0 Å². The summed E-state index contributed by atoms with van der Waals surface area (Å²) in [6.07, 6.45) is 0. The van der Waals surface area contributed by atoms with Gasteiger partial charge in [-0.3, -0.25) is 5.43 Å². The van der Waals surface area contributed by atoms with Gasteiger partial charge in [-0.2, -0.15) is 5.10 Å². The second-order valence-electron chi connectivity index (χ2n) is 7.89. The van der Waals surface area contributed by atoms with Crippen LogP contribution >= 0.6 is 11.8 Å². The van der Waals surface area contributed by atoms with Crippen LogP contribution in [0.25, 0.3) is 10.6 Å². The number of aliphatic hydroxyl groups excluding tert-OH is 2. The van der Waals surface area contributed by atoms with Crippen molar-refractivity contribution in [2.75, 3.05) is 31.2 Å². The van der Waals surface area contributed by atoms with E-state index in [1.54, 1.807) is 11.8 Å². The Bertz CT molecular complexity index is 1080. The number of nitrogens with zero attached hydrogens (tertiary/aromatic N) is 2. The number of anilines is 1. The van der Waals surface area contributed by atoms with Crippen LogP contribution in [-0.4, -0.2) is 47.7 Å². The summed E-state index contributed by atoms with van der Waals surface area (Å²) in [6.45, 7) is 2.97. The third kappa shape index (κ3) is 5.80. The van der Waals surface area contributed by atoms with E-state index in [1.807, 2.05) is 60.4 Å². The van der Waals surface area contributed by atoms with Gasteiger partial charge in [-0.15, -0.1) is 0 Å². The Morgan fingerprint density at radius 1 is 0.912 bits per heavy atom. The summed E-state index contributed by atoms with van der Waals surface area (Å²) in [7, 11) is 0. The van der Waals surface area contributed by atoms with Gasteiger partial charge in [0.05, 0.1) is 24.6 Å². The van der Waals surface area contributed by atoms with Crippen molar-refractivity contribution in [2.45, 2.75) is 12.4 Å². The molecule has 0 aliphatic carbocycles. The molecule has 0 amide bonds. The first kappa shape index (κ1) is 23.9. The fourth-order valence-electron chi connectivity index (χ4n) is 3.84. The molecule has 1 atom stereocenters. The average Bonchev–Trinajstić information content (AvgIpc) is 3.33. The van der Waals surface area contributed by atoms with Crippen LogP contribution in [0.2, 0.25) is 0 Å². The normalized spacial score (nSPS) is 15.9. The molecular weight excluding hydrogens is 444 g/mol. The molecule has 0 radical (unpaired) electrons. The molecule has 34 heavy (non-hydrogen) atoms. The summed E-state index contributed by atoms with van der Waals surface area (Å²) in [5, 5.41) is 26.9. The second kappa shape index (κ2) is 11.7. The minimum absolute atomic E-state index is 0.0317. The number of hydrazone groups is 1. The molecule has 0 bridgehead atoms. The molecular formula is C27H30N4O2S. The van der Waals surface area contributed by atoms with E-state index in [-0.39, 0.29) is 18.7 Å². The van der Waals surface area contributed by atoms with Crippen LogP contribution in [0.4, 0.5) is 5.69 Å². The summed E-state index contributed by atoms with van der Waals surface area (Å²) in [4.78, 5) is 3.14. The van der Waals surface area contributed by atoms with Gasteiger partial charge in [0.1, 0.15) is 0 Å². The minimum atomic E-state index is -0.108. The van der Waals surface area contributed by atoms with Crippen LogP contribution in [-0.2, 0) is 0 Å². The highest BCUT2D eigenvalue weighted by atomic mass is 32.2. The lowest BCUT2D eigenvalue weighted by atomic mass is 10.1. The quantitative estimate of drug-likeness (QED) is 0.263. The molecule has 7 heteroatoms. The molecule has 6 nitrogen and oxygen atoms in total. The molecule has 0 saturated carbocycles. The molecule has 4 N–H and O–H groups in total. The maximum atomic E-state index is 9.35. The Balaban J connectivity index is 1.51. The predicted octanol–water partition coefficient (Wildman–Crippen LogP) is 3.94. The standard InChI is InChI=1S/C27H30N4O2S/c1-20(23-13-8-14-24(19-23)31(15-17-32)16-18-33)29-30-27-28-25(21-9-4-2-5-10-21)26(34-27)22-11-6-3-7-12-22/h2-14,19,27-28,30,32-33H,15-18H2,1H3/b29-20+. The Kier molecular flexibility index (Phi) is 8.25. The number of hydrogen-bond donors (Lipinski definition) is 4. The van der Waals surface area contributed by atoms with Gasteiger partial charge in [-0.25, -0.2) is 0 Å². The number of rotatable bonds is 10. The Morgan fingerprint density at radius 3 is 2.21 bits per heavy atom. The van der Waals surface area contributed by atoms with E-state index in [0.717, 1.165) is 28.2 Å². The largest absolute Gasteiger partial charge is 0.395 e. The number of aliphatic hydroxyl groups is 2. The SMILES string of the molecule is C/C(=N\NC1NC(c2ccccc2)=C(c2ccccc2)S1)c1cccc(N(CCO)CCO)c1. The van der Waals surface area contributed by atoms with E-state index >= 15 is 0 Å². The zero-order valence-corrected chi connectivity index (χ0v) is 20.0. The highest BCUT2D eigenvalue weighted by Gasteiger charge is 2.26. The van der Waals surface area contributed by atoms with E-state index in [4.69, 9.17) is 0 Å². The zero-order chi connectivity index (χ0) is 23.8. The molecule has 1 unspecified atom stereocenters. The summed E-state index contributed by atoms with van der Waals surface area (Å²) < 4.78 is 0. The van der Waals surface area contributed by atoms with E-state index in [9.17, 15) is 10.2 Å². The van der Waals surface area contributed by atoms with E-state index in [2.05, 4.69) is 52.2 Å².